The standard InChI is InChI=1S/C14H20F3N3O/c1-3-5-9-20(4-2)13(21)10-7-6-8-11(12(10)19-18)14(15,16)17/h6-8,19H,3-5,9,18H2,1-2H3. The Hall–Kier alpha value is -1.76. The Morgan fingerprint density at radius 1 is 1.33 bits per heavy atom. The second kappa shape index (κ2) is 7.31. The first-order valence-corrected chi connectivity index (χ1v) is 6.82. The molecule has 0 saturated carbocycles. The minimum atomic E-state index is -4.57. The first-order valence-electron chi connectivity index (χ1n) is 6.82. The van der Waals surface area contributed by atoms with Crippen molar-refractivity contribution in [2.24, 2.45) is 5.84 Å². The lowest BCUT2D eigenvalue weighted by atomic mass is 10.1. The summed E-state index contributed by atoms with van der Waals surface area (Å²) in [6, 6.07) is 3.46. The van der Waals surface area contributed by atoms with E-state index < -0.39 is 17.6 Å². The fourth-order valence-corrected chi connectivity index (χ4v) is 2.04. The number of para-hydroxylation sites is 1. The number of nitrogens with two attached hydrogens (primary N) is 1. The Morgan fingerprint density at radius 3 is 2.48 bits per heavy atom. The van der Waals surface area contributed by atoms with Crippen LogP contribution in [-0.2, 0) is 6.18 Å². The van der Waals surface area contributed by atoms with E-state index in [2.05, 4.69) is 0 Å². The van der Waals surface area contributed by atoms with Gasteiger partial charge in [-0.3, -0.25) is 10.6 Å². The van der Waals surface area contributed by atoms with Crippen LogP contribution in [0.15, 0.2) is 18.2 Å². The Kier molecular flexibility index (Phi) is 6.02. The van der Waals surface area contributed by atoms with Gasteiger partial charge in [-0.2, -0.15) is 13.2 Å². The van der Waals surface area contributed by atoms with Gasteiger partial charge in [0.2, 0.25) is 0 Å². The van der Waals surface area contributed by atoms with E-state index in [1.165, 1.54) is 17.0 Å². The zero-order valence-corrected chi connectivity index (χ0v) is 12.1. The van der Waals surface area contributed by atoms with Crippen LogP contribution in [0.2, 0.25) is 0 Å². The molecule has 0 saturated heterocycles. The average molecular weight is 303 g/mol. The van der Waals surface area contributed by atoms with Gasteiger partial charge < -0.3 is 10.3 Å². The van der Waals surface area contributed by atoms with E-state index in [1.54, 1.807) is 6.92 Å². The van der Waals surface area contributed by atoms with Crippen molar-refractivity contribution in [3.05, 3.63) is 29.3 Å². The van der Waals surface area contributed by atoms with Crippen molar-refractivity contribution in [1.29, 1.82) is 0 Å². The summed E-state index contributed by atoms with van der Waals surface area (Å²) in [4.78, 5) is 13.9. The minimum Gasteiger partial charge on any atom is -0.339 e. The Labute approximate surface area is 122 Å². The molecule has 0 aliphatic heterocycles. The van der Waals surface area contributed by atoms with Crippen molar-refractivity contribution in [1.82, 2.24) is 4.90 Å². The third kappa shape index (κ3) is 4.10. The molecule has 0 bridgehead atoms. The third-order valence-electron chi connectivity index (χ3n) is 3.20. The van der Waals surface area contributed by atoms with Crippen molar-refractivity contribution in [3.63, 3.8) is 0 Å². The van der Waals surface area contributed by atoms with Crippen LogP contribution in [0.25, 0.3) is 0 Å². The highest BCUT2D eigenvalue weighted by molar-refractivity contribution is 6.00. The molecule has 1 aromatic rings. The molecule has 0 aromatic heterocycles. The molecule has 0 aliphatic rings. The molecule has 1 aromatic carbocycles. The Morgan fingerprint density at radius 2 is 2.00 bits per heavy atom. The molecular weight excluding hydrogens is 283 g/mol. The van der Waals surface area contributed by atoms with E-state index in [1.807, 2.05) is 12.3 Å². The fourth-order valence-electron chi connectivity index (χ4n) is 2.04. The van der Waals surface area contributed by atoms with Gasteiger partial charge in [-0.15, -0.1) is 0 Å². The minimum absolute atomic E-state index is 0.0646. The quantitative estimate of drug-likeness (QED) is 0.626. The number of nitrogen functional groups attached to an aromatic ring is 1. The molecule has 3 N–H and O–H groups in total. The summed E-state index contributed by atoms with van der Waals surface area (Å²) >= 11 is 0. The van der Waals surface area contributed by atoms with Gasteiger partial charge in [-0.25, -0.2) is 0 Å². The van der Waals surface area contributed by atoms with Crippen molar-refractivity contribution in [2.45, 2.75) is 32.9 Å². The smallest absolute Gasteiger partial charge is 0.339 e. The van der Waals surface area contributed by atoms with Crippen LogP contribution < -0.4 is 11.3 Å². The molecule has 0 spiro atoms. The van der Waals surface area contributed by atoms with Crippen LogP contribution in [0.1, 0.15) is 42.6 Å². The summed E-state index contributed by atoms with van der Waals surface area (Å²) in [7, 11) is 0. The maximum Gasteiger partial charge on any atom is 0.418 e. The van der Waals surface area contributed by atoms with E-state index in [9.17, 15) is 18.0 Å². The van der Waals surface area contributed by atoms with Gasteiger partial charge >= 0.3 is 6.18 Å². The highest BCUT2D eigenvalue weighted by Gasteiger charge is 2.35. The van der Waals surface area contributed by atoms with Gasteiger partial charge in [0.05, 0.1) is 16.8 Å². The summed E-state index contributed by atoms with van der Waals surface area (Å²) in [5.41, 5.74) is 0.628. The molecule has 0 radical (unpaired) electrons. The van der Waals surface area contributed by atoms with E-state index in [-0.39, 0.29) is 11.3 Å². The molecule has 7 heteroatoms. The van der Waals surface area contributed by atoms with Gasteiger partial charge in [0.1, 0.15) is 0 Å². The lowest BCUT2D eigenvalue weighted by Gasteiger charge is -2.23. The monoisotopic (exact) mass is 303 g/mol. The number of nitrogens with one attached hydrogen (secondary N) is 1. The first-order chi connectivity index (χ1) is 9.86. The Bertz CT molecular complexity index is 489. The number of rotatable bonds is 6. The summed E-state index contributed by atoms with van der Waals surface area (Å²) in [5, 5.41) is 0. The van der Waals surface area contributed by atoms with E-state index in [0.29, 0.717) is 13.1 Å². The number of carbonyl (C=O) groups is 1. The van der Waals surface area contributed by atoms with Crippen molar-refractivity contribution >= 4 is 11.6 Å². The predicted molar refractivity (Wildman–Crippen MR) is 75.7 cm³/mol. The van der Waals surface area contributed by atoms with Gasteiger partial charge in [0.15, 0.2) is 0 Å². The van der Waals surface area contributed by atoms with E-state index in [4.69, 9.17) is 5.84 Å². The number of carbonyl (C=O) groups excluding carboxylic acids is 1. The predicted octanol–water partition coefficient (Wildman–Crippen LogP) is 3.25. The zero-order chi connectivity index (χ0) is 16.0. The molecule has 0 unspecified atom stereocenters. The molecule has 0 fully saturated rings. The summed E-state index contributed by atoms with van der Waals surface area (Å²) in [6.45, 7) is 4.71. The van der Waals surface area contributed by atoms with Crippen molar-refractivity contribution in [2.75, 3.05) is 18.5 Å². The van der Waals surface area contributed by atoms with Crippen LogP contribution in [0.5, 0.6) is 0 Å². The molecular formula is C14H20F3N3O. The van der Waals surface area contributed by atoms with Crippen LogP contribution in [0, 0.1) is 0 Å². The number of amides is 1. The number of alkyl halides is 3. The highest BCUT2D eigenvalue weighted by atomic mass is 19.4. The average Bonchev–Trinajstić information content (AvgIpc) is 2.45. The van der Waals surface area contributed by atoms with Crippen molar-refractivity contribution < 1.29 is 18.0 Å². The number of hydrazine groups is 1. The van der Waals surface area contributed by atoms with Crippen molar-refractivity contribution in [3.8, 4) is 0 Å². The third-order valence-corrected chi connectivity index (χ3v) is 3.20. The fraction of sp³-hybridized carbons (Fsp3) is 0.500. The second-order valence-corrected chi connectivity index (χ2v) is 4.61. The second-order valence-electron chi connectivity index (χ2n) is 4.61. The van der Waals surface area contributed by atoms with Gasteiger partial charge in [-0.05, 0) is 25.5 Å². The zero-order valence-electron chi connectivity index (χ0n) is 12.1. The molecule has 0 atom stereocenters. The van der Waals surface area contributed by atoms with Crippen LogP contribution >= 0.6 is 0 Å². The first kappa shape index (κ1) is 17.3. The SMILES string of the molecule is CCCCN(CC)C(=O)c1cccc(C(F)(F)F)c1NN. The number of nitrogens with zero attached hydrogens (tertiary/aromatic N) is 1. The molecule has 0 heterocycles. The normalized spacial score (nSPS) is 11.3. The number of benzene rings is 1. The topological polar surface area (TPSA) is 58.4 Å². The van der Waals surface area contributed by atoms with Crippen LogP contribution in [0.4, 0.5) is 18.9 Å². The lowest BCUT2D eigenvalue weighted by Crippen LogP contribution is -2.33. The van der Waals surface area contributed by atoms with Gasteiger partial charge in [-0.1, -0.05) is 19.4 Å². The van der Waals surface area contributed by atoms with Crippen LogP contribution in [0.3, 0.4) is 0 Å². The number of unbranched alkanes of at least 4 members (excludes halogenated alkanes) is 1. The van der Waals surface area contributed by atoms with Gasteiger partial charge in [0.25, 0.3) is 5.91 Å². The number of hydrogen-bond donors (Lipinski definition) is 2. The number of halogens is 3. The summed E-state index contributed by atoms with van der Waals surface area (Å²) in [5.74, 6) is 4.75. The molecule has 4 nitrogen and oxygen atoms in total. The maximum atomic E-state index is 12.9. The number of anilines is 1. The van der Waals surface area contributed by atoms with Crippen LogP contribution in [-0.4, -0.2) is 23.9 Å². The Balaban J connectivity index is 3.20. The molecule has 1 rings (SSSR count). The molecule has 21 heavy (non-hydrogen) atoms. The highest BCUT2D eigenvalue weighted by Crippen LogP contribution is 2.36. The van der Waals surface area contributed by atoms with Gasteiger partial charge in [0, 0.05) is 13.1 Å². The lowest BCUT2D eigenvalue weighted by molar-refractivity contribution is -0.137. The van der Waals surface area contributed by atoms with E-state index >= 15 is 0 Å². The largest absolute Gasteiger partial charge is 0.418 e. The summed E-state index contributed by atoms with van der Waals surface area (Å²) in [6.07, 6.45) is -2.88. The summed E-state index contributed by atoms with van der Waals surface area (Å²) < 4.78 is 38.8. The molecule has 0 aliphatic carbocycles. The maximum absolute atomic E-state index is 12.9. The number of hydrogen-bond acceptors (Lipinski definition) is 3. The molecule has 118 valence electrons. The molecule has 1 amide bonds. The van der Waals surface area contributed by atoms with E-state index in [0.717, 1.165) is 18.9 Å².